The maximum atomic E-state index is 4.14. The van der Waals surface area contributed by atoms with Crippen LogP contribution < -0.4 is 5.32 Å². The van der Waals surface area contributed by atoms with E-state index in [0.29, 0.717) is 6.04 Å². The average molecular weight is 192 g/mol. The van der Waals surface area contributed by atoms with Crippen molar-refractivity contribution in [2.75, 3.05) is 6.54 Å². The molecule has 1 aromatic heterocycles. The number of hydrogen-bond acceptors (Lipinski definition) is 2. The van der Waals surface area contributed by atoms with E-state index >= 15 is 0 Å². The zero-order valence-corrected chi connectivity index (χ0v) is 9.38. The predicted molar refractivity (Wildman–Crippen MR) is 60.4 cm³/mol. The van der Waals surface area contributed by atoms with Gasteiger partial charge in [-0.1, -0.05) is 13.8 Å². The van der Waals surface area contributed by atoms with Gasteiger partial charge in [0, 0.05) is 18.4 Å². The smallest absolute Gasteiger partial charge is 0.0302 e. The van der Waals surface area contributed by atoms with E-state index in [4.69, 9.17) is 0 Å². The van der Waals surface area contributed by atoms with Crippen molar-refractivity contribution in [3.8, 4) is 0 Å². The SMILES string of the molecule is Cc1ccncc1CCCNC(C)C. The van der Waals surface area contributed by atoms with Gasteiger partial charge in [-0.05, 0) is 43.5 Å². The first-order valence-corrected chi connectivity index (χ1v) is 5.33. The maximum Gasteiger partial charge on any atom is 0.0302 e. The van der Waals surface area contributed by atoms with Crippen LogP contribution in [0, 0.1) is 6.92 Å². The Morgan fingerprint density at radius 2 is 2.21 bits per heavy atom. The molecule has 14 heavy (non-hydrogen) atoms. The number of rotatable bonds is 5. The molecule has 0 bridgehead atoms. The number of pyridine rings is 1. The van der Waals surface area contributed by atoms with Crippen molar-refractivity contribution in [3.63, 3.8) is 0 Å². The van der Waals surface area contributed by atoms with Gasteiger partial charge in [-0.3, -0.25) is 4.98 Å². The number of aromatic nitrogens is 1. The monoisotopic (exact) mass is 192 g/mol. The Morgan fingerprint density at radius 3 is 2.86 bits per heavy atom. The van der Waals surface area contributed by atoms with E-state index in [0.717, 1.165) is 13.0 Å². The standard InChI is InChI=1S/C12H20N2/c1-10(2)14-7-4-5-12-9-13-8-6-11(12)3/h6,8-10,14H,4-5,7H2,1-3H3. The van der Waals surface area contributed by atoms with Gasteiger partial charge in [0.2, 0.25) is 0 Å². The van der Waals surface area contributed by atoms with Crippen LogP contribution in [0.3, 0.4) is 0 Å². The van der Waals surface area contributed by atoms with Crippen LogP contribution in [0.4, 0.5) is 0 Å². The zero-order valence-electron chi connectivity index (χ0n) is 9.38. The van der Waals surface area contributed by atoms with Gasteiger partial charge in [0.25, 0.3) is 0 Å². The first-order valence-electron chi connectivity index (χ1n) is 5.33. The lowest BCUT2D eigenvalue weighted by Gasteiger charge is -2.08. The Hall–Kier alpha value is -0.890. The van der Waals surface area contributed by atoms with Crippen molar-refractivity contribution in [1.29, 1.82) is 0 Å². The van der Waals surface area contributed by atoms with Crippen LogP contribution in [-0.4, -0.2) is 17.6 Å². The molecule has 2 heteroatoms. The van der Waals surface area contributed by atoms with Crippen molar-refractivity contribution >= 4 is 0 Å². The summed E-state index contributed by atoms with van der Waals surface area (Å²) in [5.74, 6) is 0. The molecule has 0 atom stereocenters. The van der Waals surface area contributed by atoms with Gasteiger partial charge in [-0.25, -0.2) is 0 Å². The van der Waals surface area contributed by atoms with E-state index in [1.807, 2.05) is 12.4 Å². The second kappa shape index (κ2) is 5.76. The lowest BCUT2D eigenvalue weighted by atomic mass is 10.1. The van der Waals surface area contributed by atoms with Crippen LogP contribution >= 0.6 is 0 Å². The van der Waals surface area contributed by atoms with Crippen LogP contribution in [0.15, 0.2) is 18.5 Å². The van der Waals surface area contributed by atoms with Gasteiger partial charge < -0.3 is 5.32 Å². The molecule has 1 rings (SSSR count). The minimum atomic E-state index is 0.588. The summed E-state index contributed by atoms with van der Waals surface area (Å²) in [7, 11) is 0. The zero-order chi connectivity index (χ0) is 10.4. The average Bonchev–Trinajstić information content (AvgIpc) is 2.15. The van der Waals surface area contributed by atoms with Gasteiger partial charge in [0.05, 0.1) is 0 Å². The third-order valence-electron chi connectivity index (χ3n) is 2.32. The van der Waals surface area contributed by atoms with Gasteiger partial charge in [0.15, 0.2) is 0 Å². The number of nitrogens with one attached hydrogen (secondary N) is 1. The lowest BCUT2D eigenvalue weighted by molar-refractivity contribution is 0.570. The molecule has 0 aliphatic rings. The van der Waals surface area contributed by atoms with Gasteiger partial charge in [0.1, 0.15) is 0 Å². The van der Waals surface area contributed by atoms with Crippen LogP contribution in [0.5, 0.6) is 0 Å². The summed E-state index contributed by atoms with van der Waals surface area (Å²) in [6, 6.07) is 2.66. The summed E-state index contributed by atoms with van der Waals surface area (Å²) in [5, 5.41) is 3.41. The van der Waals surface area contributed by atoms with Crippen molar-refractivity contribution in [2.45, 2.75) is 39.7 Å². The number of aryl methyl sites for hydroxylation is 2. The highest BCUT2D eigenvalue weighted by molar-refractivity contribution is 5.21. The molecule has 0 unspecified atom stereocenters. The molecule has 0 saturated heterocycles. The fourth-order valence-corrected chi connectivity index (χ4v) is 1.43. The largest absolute Gasteiger partial charge is 0.315 e. The molecule has 0 aliphatic heterocycles. The second-order valence-electron chi connectivity index (χ2n) is 4.01. The lowest BCUT2D eigenvalue weighted by Crippen LogP contribution is -2.23. The van der Waals surface area contributed by atoms with Crippen LogP contribution in [0.25, 0.3) is 0 Å². The van der Waals surface area contributed by atoms with Crippen molar-refractivity contribution < 1.29 is 0 Å². The fraction of sp³-hybridized carbons (Fsp3) is 0.583. The minimum absolute atomic E-state index is 0.588. The summed E-state index contributed by atoms with van der Waals surface area (Å²) in [6.07, 6.45) is 6.14. The van der Waals surface area contributed by atoms with Crippen LogP contribution in [-0.2, 0) is 6.42 Å². The van der Waals surface area contributed by atoms with Crippen LogP contribution in [0.2, 0.25) is 0 Å². The quantitative estimate of drug-likeness (QED) is 0.724. The summed E-state index contributed by atoms with van der Waals surface area (Å²) < 4.78 is 0. The van der Waals surface area contributed by atoms with E-state index < -0.39 is 0 Å². The molecule has 1 N–H and O–H groups in total. The normalized spacial score (nSPS) is 10.9. The van der Waals surface area contributed by atoms with E-state index in [2.05, 4.69) is 37.1 Å². The molecule has 0 saturated carbocycles. The maximum absolute atomic E-state index is 4.14. The molecule has 0 aliphatic carbocycles. The molecule has 78 valence electrons. The Kier molecular flexibility index (Phi) is 4.60. The van der Waals surface area contributed by atoms with Crippen molar-refractivity contribution in [1.82, 2.24) is 10.3 Å². The molecule has 0 spiro atoms. The molecule has 1 heterocycles. The number of hydrogen-bond donors (Lipinski definition) is 1. The Bertz CT molecular complexity index is 269. The van der Waals surface area contributed by atoms with Crippen LogP contribution in [0.1, 0.15) is 31.4 Å². The van der Waals surface area contributed by atoms with Gasteiger partial charge in [-0.15, -0.1) is 0 Å². The predicted octanol–water partition coefficient (Wildman–Crippen LogP) is 2.32. The Labute approximate surface area is 86.8 Å². The van der Waals surface area contributed by atoms with E-state index in [9.17, 15) is 0 Å². The van der Waals surface area contributed by atoms with E-state index in [1.54, 1.807) is 0 Å². The summed E-state index contributed by atoms with van der Waals surface area (Å²) in [6.45, 7) is 7.59. The fourth-order valence-electron chi connectivity index (χ4n) is 1.43. The van der Waals surface area contributed by atoms with Crippen molar-refractivity contribution in [2.24, 2.45) is 0 Å². The Balaban J connectivity index is 2.28. The molecule has 1 aromatic rings. The highest BCUT2D eigenvalue weighted by Gasteiger charge is 1.97. The van der Waals surface area contributed by atoms with E-state index in [-0.39, 0.29) is 0 Å². The summed E-state index contributed by atoms with van der Waals surface area (Å²) in [5.41, 5.74) is 2.72. The van der Waals surface area contributed by atoms with Gasteiger partial charge >= 0.3 is 0 Å². The molecule has 2 nitrogen and oxygen atoms in total. The second-order valence-corrected chi connectivity index (χ2v) is 4.01. The Morgan fingerprint density at radius 1 is 1.43 bits per heavy atom. The summed E-state index contributed by atoms with van der Waals surface area (Å²) >= 11 is 0. The number of nitrogens with zero attached hydrogens (tertiary/aromatic N) is 1. The topological polar surface area (TPSA) is 24.9 Å². The minimum Gasteiger partial charge on any atom is -0.315 e. The third-order valence-corrected chi connectivity index (χ3v) is 2.32. The summed E-state index contributed by atoms with van der Waals surface area (Å²) in [4.78, 5) is 4.14. The molecule has 0 amide bonds. The third kappa shape index (κ3) is 3.88. The first-order chi connectivity index (χ1) is 6.70. The molecule has 0 radical (unpaired) electrons. The van der Waals surface area contributed by atoms with Crippen molar-refractivity contribution in [3.05, 3.63) is 29.6 Å². The highest BCUT2D eigenvalue weighted by atomic mass is 14.9. The molecule has 0 fully saturated rings. The molecule has 0 aromatic carbocycles. The highest BCUT2D eigenvalue weighted by Crippen LogP contribution is 2.07. The van der Waals surface area contributed by atoms with Gasteiger partial charge in [-0.2, -0.15) is 0 Å². The molecular weight excluding hydrogens is 172 g/mol. The molecular formula is C12H20N2. The first kappa shape index (κ1) is 11.2. The van der Waals surface area contributed by atoms with E-state index in [1.165, 1.54) is 17.5 Å².